The molecular weight excluding hydrogens is 238 g/mol. The summed E-state index contributed by atoms with van der Waals surface area (Å²) in [6.07, 6.45) is 3.53. The molecule has 0 radical (unpaired) electrons. The van der Waals surface area contributed by atoms with Crippen LogP contribution in [0.1, 0.15) is 5.56 Å². The van der Waals surface area contributed by atoms with Crippen molar-refractivity contribution < 1.29 is 14.4 Å². The lowest BCUT2D eigenvalue weighted by Gasteiger charge is -2.06. The SMILES string of the molecule is COc1ccc(Cl)cc1C[n+]1cccc(O)c1. The van der Waals surface area contributed by atoms with Crippen molar-refractivity contribution in [2.75, 3.05) is 7.11 Å². The molecule has 3 nitrogen and oxygen atoms in total. The van der Waals surface area contributed by atoms with Crippen molar-refractivity contribution in [1.82, 2.24) is 0 Å². The summed E-state index contributed by atoms with van der Waals surface area (Å²) in [5, 5.41) is 10.1. The lowest BCUT2D eigenvalue weighted by atomic mass is 10.2. The molecule has 0 saturated carbocycles. The molecule has 0 aliphatic heterocycles. The number of rotatable bonds is 3. The molecule has 2 rings (SSSR count). The highest BCUT2D eigenvalue weighted by molar-refractivity contribution is 6.30. The number of ether oxygens (including phenoxy) is 1. The van der Waals surface area contributed by atoms with E-state index in [9.17, 15) is 5.11 Å². The largest absolute Gasteiger partial charge is 0.503 e. The summed E-state index contributed by atoms with van der Waals surface area (Å²) in [4.78, 5) is 0. The van der Waals surface area contributed by atoms with E-state index >= 15 is 0 Å². The normalized spacial score (nSPS) is 10.2. The second-order valence-electron chi connectivity index (χ2n) is 3.69. The molecule has 1 aromatic carbocycles. The predicted octanol–water partition coefficient (Wildman–Crippen LogP) is 2.39. The van der Waals surface area contributed by atoms with Gasteiger partial charge >= 0.3 is 0 Å². The first kappa shape index (κ1) is 11.7. The minimum absolute atomic E-state index is 0.230. The number of halogens is 1. The van der Waals surface area contributed by atoms with Gasteiger partial charge < -0.3 is 9.84 Å². The summed E-state index contributed by atoms with van der Waals surface area (Å²) in [5.74, 6) is 1.01. The summed E-state index contributed by atoms with van der Waals surface area (Å²) in [7, 11) is 1.62. The van der Waals surface area contributed by atoms with Gasteiger partial charge in [0.05, 0.1) is 12.7 Å². The number of aromatic nitrogens is 1. The van der Waals surface area contributed by atoms with Gasteiger partial charge in [0.1, 0.15) is 5.75 Å². The van der Waals surface area contributed by atoms with Crippen LogP contribution in [-0.4, -0.2) is 12.2 Å². The Kier molecular flexibility index (Phi) is 3.49. The monoisotopic (exact) mass is 250 g/mol. The number of pyridine rings is 1. The molecule has 0 aliphatic rings. The van der Waals surface area contributed by atoms with Crippen LogP contribution in [0.5, 0.6) is 11.5 Å². The van der Waals surface area contributed by atoms with Crippen LogP contribution in [0.15, 0.2) is 42.7 Å². The maximum absolute atomic E-state index is 9.39. The van der Waals surface area contributed by atoms with E-state index in [1.807, 2.05) is 22.9 Å². The zero-order valence-electron chi connectivity index (χ0n) is 9.43. The van der Waals surface area contributed by atoms with Crippen LogP contribution in [-0.2, 0) is 6.54 Å². The minimum Gasteiger partial charge on any atom is -0.503 e. The van der Waals surface area contributed by atoms with E-state index in [2.05, 4.69) is 0 Å². The molecule has 0 unspecified atom stereocenters. The van der Waals surface area contributed by atoms with Crippen LogP contribution < -0.4 is 9.30 Å². The van der Waals surface area contributed by atoms with Gasteiger partial charge in [0.25, 0.3) is 0 Å². The number of hydrogen-bond acceptors (Lipinski definition) is 2. The Bertz CT molecular complexity index is 529. The summed E-state index contributed by atoms with van der Waals surface area (Å²) in [5.41, 5.74) is 0.968. The molecule has 0 bridgehead atoms. The Labute approximate surface area is 105 Å². The molecule has 4 heteroatoms. The first-order chi connectivity index (χ1) is 8.19. The van der Waals surface area contributed by atoms with Crippen molar-refractivity contribution in [1.29, 1.82) is 0 Å². The molecule has 1 aromatic heterocycles. The molecule has 0 fully saturated rings. The summed E-state index contributed by atoms with van der Waals surface area (Å²) < 4.78 is 7.13. The maximum atomic E-state index is 9.39. The quantitative estimate of drug-likeness (QED) is 0.849. The van der Waals surface area contributed by atoms with Crippen molar-refractivity contribution >= 4 is 11.6 Å². The molecule has 0 amide bonds. The van der Waals surface area contributed by atoms with Crippen LogP contribution >= 0.6 is 11.6 Å². The topological polar surface area (TPSA) is 33.3 Å². The van der Waals surface area contributed by atoms with Gasteiger partial charge in [-0.2, -0.15) is 4.57 Å². The van der Waals surface area contributed by atoms with E-state index in [-0.39, 0.29) is 5.75 Å². The summed E-state index contributed by atoms with van der Waals surface area (Å²) in [6, 6.07) is 8.90. The Morgan fingerprint density at radius 3 is 2.88 bits per heavy atom. The first-order valence-corrected chi connectivity index (χ1v) is 5.57. The van der Waals surface area contributed by atoms with Gasteiger partial charge in [-0.3, -0.25) is 0 Å². The van der Waals surface area contributed by atoms with Crippen LogP contribution in [0.2, 0.25) is 5.02 Å². The molecule has 2 aromatic rings. The van der Waals surface area contributed by atoms with Crippen LogP contribution in [0, 0.1) is 0 Å². The molecular formula is C13H13ClNO2+. The van der Waals surface area contributed by atoms with Crippen molar-refractivity contribution in [2.24, 2.45) is 0 Å². The van der Waals surface area contributed by atoms with E-state index < -0.39 is 0 Å². The van der Waals surface area contributed by atoms with E-state index in [1.165, 1.54) is 0 Å². The number of methoxy groups -OCH3 is 1. The molecule has 1 heterocycles. The molecule has 88 valence electrons. The highest BCUT2D eigenvalue weighted by Crippen LogP contribution is 2.22. The van der Waals surface area contributed by atoms with E-state index in [0.717, 1.165) is 11.3 Å². The van der Waals surface area contributed by atoms with Crippen molar-refractivity contribution in [3.63, 3.8) is 0 Å². The third kappa shape index (κ3) is 2.88. The Balaban J connectivity index is 2.32. The van der Waals surface area contributed by atoms with Crippen LogP contribution in [0.3, 0.4) is 0 Å². The van der Waals surface area contributed by atoms with Gasteiger partial charge in [0, 0.05) is 11.1 Å². The third-order valence-corrected chi connectivity index (χ3v) is 2.67. The van der Waals surface area contributed by atoms with Crippen molar-refractivity contribution in [3.8, 4) is 11.5 Å². The lowest BCUT2D eigenvalue weighted by molar-refractivity contribution is -0.688. The average Bonchev–Trinajstić information content (AvgIpc) is 2.29. The smallest absolute Gasteiger partial charge is 0.211 e. The van der Waals surface area contributed by atoms with Gasteiger partial charge in [0.15, 0.2) is 18.5 Å². The second-order valence-corrected chi connectivity index (χ2v) is 4.13. The molecule has 17 heavy (non-hydrogen) atoms. The highest BCUT2D eigenvalue weighted by Gasteiger charge is 2.09. The molecule has 1 N–H and O–H groups in total. The van der Waals surface area contributed by atoms with Gasteiger partial charge in [-0.1, -0.05) is 11.6 Å². The predicted molar refractivity (Wildman–Crippen MR) is 65.4 cm³/mol. The van der Waals surface area contributed by atoms with E-state index in [0.29, 0.717) is 11.6 Å². The number of aromatic hydroxyl groups is 1. The molecule has 0 spiro atoms. The Morgan fingerprint density at radius 1 is 1.35 bits per heavy atom. The lowest BCUT2D eigenvalue weighted by Crippen LogP contribution is -2.33. The van der Waals surface area contributed by atoms with Crippen LogP contribution in [0.25, 0.3) is 0 Å². The Hall–Kier alpha value is -1.74. The van der Waals surface area contributed by atoms with Gasteiger partial charge in [-0.25, -0.2) is 0 Å². The molecule has 0 saturated heterocycles. The fourth-order valence-electron chi connectivity index (χ4n) is 1.67. The minimum atomic E-state index is 0.230. The third-order valence-electron chi connectivity index (χ3n) is 2.44. The number of benzene rings is 1. The zero-order chi connectivity index (χ0) is 12.3. The van der Waals surface area contributed by atoms with Gasteiger partial charge in [-0.15, -0.1) is 0 Å². The number of hydrogen-bond donors (Lipinski definition) is 1. The van der Waals surface area contributed by atoms with Crippen LogP contribution in [0.4, 0.5) is 0 Å². The fourth-order valence-corrected chi connectivity index (χ4v) is 1.87. The Morgan fingerprint density at radius 2 is 2.18 bits per heavy atom. The van der Waals surface area contributed by atoms with E-state index in [1.54, 1.807) is 31.5 Å². The summed E-state index contributed by atoms with van der Waals surface area (Å²) in [6.45, 7) is 0.595. The standard InChI is InChI=1S/C13H12ClNO2/c1-17-13-5-4-11(14)7-10(13)8-15-6-2-3-12(16)9-15/h2-7,9H,8H2,1H3/p+1. The average molecular weight is 251 g/mol. The zero-order valence-corrected chi connectivity index (χ0v) is 10.2. The van der Waals surface area contributed by atoms with E-state index in [4.69, 9.17) is 16.3 Å². The van der Waals surface area contributed by atoms with Gasteiger partial charge in [0.2, 0.25) is 6.20 Å². The molecule has 0 atom stereocenters. The van der Waals surface area contributed by atoms with Gasteiger partial charge in [-0.05, 0) is 24.3 Å². The fraction of sp³-hybridized carbons (Fsp3) is 0.154. The van der Waals surface area contributed by atoms with Crippen molar-refractivity contribution in [3.05, 3.63) is 53.3 Å². The molecule has 0 aliphatic carbocycles. The number of nitrogens with zero attached hydrogens (tertiary/aromatic N) is 1. The summed E-state index contributed by atoms with van der Waals surface area (Å²) >= 11 is 5.96. The maximum Gasteiger partial charge on any atom is 0.211 e. The first-order valence-electron chi connectivity index (χ1n) is 5.19. The highest BCUT2D eigenvalue weighted by atomic mass is 35.5. The second kappa shape index (κ2) is 5.06. The van der Waals surface area contributed by atoms with Crippen molar-refractivity contribution in [2.45, 2.75) is 6.54 Å².